The number of hydrogen-bond acceptors (Lipinski definition) is 5. The summed E-state index contributed by atoms with van der Waals surface area (Å²) in [5, 5.41) is 10.8. The summed E-state index contributed by atoms with van der Waals surface area (Å²) in [6.45, 7) is 4.11. The highest BCUT2D eigenvalue weighted by Crippen LogP contribution is 2.08. The third-order valence-corrected chi connectivity index (χ3v) is 4.09. The van der Waals surface area contributed by atoms with E-state index in [1.165, 1.54) is 23.2 Å². The van der Waals surface area contributed by atoms with E-state index >= 15 is 0 Å². The second kappa shape index (κ2) is 12.4. The molecule has 1 aromatic carbocycles. The molecule has 0 aliphatic carbocycles. The Hall–Kier alpha value is -3.22. The zero-order valence-corrected chi connectivity index (χ0v) is 17.0. The highest BCUT2D eigenvalue weighted by atomic mass is 19.3. The minimum Gasteiger partial charge on any atom is -0.357 e. The van der Waals surface area contributed by atoms with Crippen LogP contribution in [-0.4, -0.2) is 47.5 Å². The quantitative estimate of drug-likeness (QED) is 0.292. The lowest BCUT2D eigenvalue weighted by Gasteiger charge is -2.22. The molecule has 0 saturated heterocycles. The zero-order chi connectivity index (χ0) is 22.7. The van der Waals surface area contributed by atoms with Gasteiger partial charge in [0.05, 0.1) is 6.04 Å². The van der Waals surface area contributed by atoms with Crippen molar-refractivity contribution in [3.05, 3.63) is 59.4 Å². The summed E-state index contributed by atoms with van der Waals surface area (Å²) < 4.78 is 25.6. The molecule has 2 unspecified atom stereocenters. The molecule has 0 fully saturated rings. The average Bonchev–Trinajstić information content (AvgIpc) is 2.73. The molecule has 0 radical (unpaired) electrons. The van der Waals surface area contributed by atoms with Crippen LogP contribution < -0.4 is 16.5 Å². The van der Waals surface area contributed by atoms with Crippen molar-refractivity contribution in [1.29, 1.82) is 0 Å². The van der Waals surface area contributed by atoms with Crippen molar-refractivity contribution >= 4 is 11.8 Å². The average molecular weight is 420 g/mol. The molecule has 0 heterocycles. The lowest BCUT2D eigenvalue weighted by Crippen LogP contribution is -2.58. The Morgan fingerprint density at radius 2 is 1.93 bits per heavy atom. The molecule has 0 saturated carbocycles. The van der Waals surface area contributed by atoms with Crippen LogP contribution in [0.25, 0.3) is 0 Å². The molecule has 162 valence electrons. The Bertz CT molecular complexity index is 842. The van der Waals surface area contributed by atoms with Crippen LogP contribution in [0.1, 0.15) is 36.2 Å². The van der Waals surface area contributed by atoms with Gasteiger partial charge in [-0.25, -0.2) is 14.3 Å². The summed E-state index contributed by atoms with van der Waals surface area (Å²) in [6, 6.07) is 2.25. The van der Waals surface area contributed by atoms with Gasteiger partial charge in [-0.3, -0.25) is 14.8 Å². The summed E-state index contributed by atoms with van der Waals surface area (Å²) in [5.41, 5.74) is 8.45. The first-order valence-corrected chi connectivity index (χ1v) is 9.15. The predicted octanol–water partition coefficient (Wildman–Crippen LogP) is 1.99. The molecule has 1 aromatic rings. The summed E-state index contributed by atoms with van der Waals surface area (Å²) in [7, 11) is 1.90. The number of hydrogen-bond donors (Lipinski definition) is 4. The fraction of sp³-hybridized carbons (Fsp3) is 0.333. The van der Waals surface area contributed by atoms with Gasteiger partial charge in [0.2, 0.25) is 0 Å². The lowest BCUT2D eigenvalue weighted by molar-refractivity contribution is -0.132. The predicted molar refractivity (Wildman–Crippen MR) is 109 cm³/mol. The molecule has 0 spiro atoms. The van der Waals surface area contributed by atoms with Gasteiger partial charge in [-0.1, -0.05) is 24.3 Å². The molecule has 2 atom stereocenters. The van der Waals surface area contributed by atoms with E-state index < -0.39 is 30.3 Å². The largest absolute Gasteiger partial charge is 0.357 e. The third kappa shape index (κ3) is 8.03. The minimum absolute atomic E-state index is 0.119. The lowest BCUT2D eigenvalue weighted by atomic mass is 10.1. The number of rotatable bonds is 8. The number of carbonyl (C=O) groups is 2. The summed E-state index contributed by atoms with van der Waals surface area (Å²) in [6.07, 6.45) is 3.38. The third-order valence-electron chi connectivity index (χ3n) is 4.09. The van der Waals surface area contributed by atoms with Crippen molar-refractivity contribution in [1.82, 2.24) is 15.7 Å². The number of benzene rings is 1. The maximum Gasteiger partial charge on any atom is 0.267 e. The van der Waals surface area contributed by atoms with Gasteiger partial charge in [-0.2, -0.15) is 0 Å². The maximum atomic E-state index is 12.8. The molecule has 1 rings (SSSR count). The van der Waals surface area contributed by atoms with Crippen LogP contribution in [0.4, 0.5) is 8.78 Å². The number of nitrogens with two attached hydrogens (primary N) is 1. The Morgan fingerprint density at radius 3 is 2.47 bits per heavy atom. The molecule has 0 bridgehead atoms. The molecule has 9 heteroatoms. The number of nitrogens with zero attached hydrogens (tertiary/aromatic N) is 1. The van der Waals surface area contributed by atoms with Gasteiger partial charge >= 0.3 is 0 Å². The normalized spacial score (nSPS) is 13.4. The standard InChI is InChI=1S/C21H26F2N4O3/c1-4-14(2)13-27(3)12-6-5-7-15-8-10-16(11-9-15)20(28)25-18(21(29)26-30)17(24)19(22)23/h6,8-13,17-19,30H,4,24H2,1-3H3,(H,25,28)(H,26,29)/b12-6+,14-13+. The molecule has 0 aromatic heterocycles. The van der Waals surface area contributed by atoms with Crippen LogP contribution in [0.2, 0.25) is 0 Å². The molecule has 5 N–H and O–H groups in total. The van der Waals surface area contributed by atoms with Crippen LogP contribution >= 0.6 is 0 Å². The number of nitrogens with one attached hydrogen (secondary N) is 2. The fourth-order valence-electron chi connectivity index (χ4n) is 2.24. The van der Waals surface area contributed by atoms with E-state index in [9.17, 15) is 18.4 Å². The summed E-state index contributed by atoms with van der Waals surface area (Å²) >= 11 is 0. The van der Waals surface area contributed by atoms with E-state index in [-0.39, 0.29) is 5.56 Å². The van der Waals surface area contributed by atoms with E-state index in [2.05, 4.69) is 24.1 Å². The molecule has 30 heavy (non-hydrogen) atoms. The van der Waals surface area contributed by atoms with Crippen molar-refractivity contribution in [3.8, 4) is 11.8 Å². The van der Waals surface area contributed by atoms with Gasteiger partial charge in [-0.05, 0) is 37.6 Å². The number of allylic oxidation sites excluding steroid dienone is 2. The van der Waals surface area contributed by atoms with Crippen LogP contribution in [0.15, 0.2) is 48.3 Å². The van der Waals surface area contributed by atoms with Crippen LogP contribution in [0.3, 0.4) is 0 Å². The number of carbonyl (C=O) groups excluding carboxylic acids is 2. The number of hydroxylamine groups is 1. The van der Waals surface area contributed by atoms with Crippen molar-refractivity contribution in [2.24, 2.45) is 5.73 Å². The van der Waals surface area contributed by atoms with Crippen molar-refractivity contribution in [3.63, 3.8) is 0 Å². The molecular formula is C21H26F2N4O3. The summed E-state index contributed by atoms with van der Waals surface area (Å²) in [5.74, 6) is 3.75. The molecule has 2 amide bonds. The monoisotopic (exact) mass is 420 g/mol. The molecule has 7 nitrogen and oxygen atoms in total. The van der Waals surface area contributed by atoms with Gasteiger partial charge in [0, 0.05) is 36.7 Å². The number of halogens is 2. The Morgan fingerprint density at radius 1 is 1.30 bits per heavy atom. The second-order valence-corrected chi connectivity index (χ2v) is 6.50. The van der Waals surface area contributed by atoms with Gasteiger partial charge < -0.3 is 16.0 Å². The second-order valence-electron chi connectivity index (χ2n) is 6.50. The zero-order valence-electron chi connectivity index (χ0n) is 17.0. The maximum absolute atomic E-state index is 12.8. The topological polar surface area (TPSA) is 108 Å². The van der Waals surface area contributed by atoms with Crippen molar-refractivity contribution in [2.45, 2.75) is 38.8 Å². The highest BCUT2D eigenvalue weighted by molar-refractivity contribution is 5.97. The molecule has 0 aliphatic rings. The van der Waals surface area contributed by atoms with Gasteiger partial charge in [0.15, 0.2) is 0 Å². The Balaban J connectivity index is 2.80. The number of alkyl halides is 2. The fourth-order valence-corrected chi connectivity index (χ4v) is 2.24. The van der Waals surface area contributed by atoms with Gasteiger partial charge in [-0.15, -0.1) is 0 Å². The molecule has 0 aliphatic heterocycles. The van der Waals surface area contributed by atoms with Crippen molar-refractivity contribution < 1.29 is 23.6 Å². The van der Waals surface area contributed by atoms with E-state index in [0.29, 0.717) is 5.56 Å². The van der Waals surface area contributed by atoms with Gasteiger partial charge in [0.25, 0.3) is 18.2 Å². The van der Waals surface area contributed by atoms with Crippen molar-refractivity contribution in [2.75, 3.05) is 7.05 Å². The van der Waals surface area contributed by atoms with E-state index in [1.54, 1.807) is 18.2 Å². The van der Waals surface area contributed by atoms with E-state index in [1.807, 2.05) is 31.3 Å². The minimum atomic E-state index is -3.07. The van der Waals surface area contributed by atoms with Crippen LogP contribution in [-0.2, 0) is 4.79 Å². The Labute approximate surface area is 174 Å². The Kier molecular flexibility index (Phi) is 10.2. The van der Waals surface area contributed by atoms with Crippen LogP contribution in [0.5, 0.6) is 0 Å². The first-order valence-electron chi connectivity index (χ1n) is 9.15. The van der Waals surface area contributed by atoms with Gasteiger partial charge in [0.1, 0.15) is 6.04 Å². The summed E-state index contributed by atoms with van der Waals surface area (Å²) in [4.78, 5) is 25.7. The van der Waals surface area contributed by atoms with Crippen LogP contribution in [0, 0.1) is 11.8 Å². The SMILES string of the molecule is CC/C(C)=C/N(C)/C=C/C#Cc1ccc(C(=O)NC(C(=O)NO)C(N)C(F)F)cc1. The highest BCUT2D eigenvalue weighted by Gasteiger charge is 2.33. The van der Waals surface area contributed by atoms with E-state index in [4.69, 9.17) is 10.9 Å². The molecular weight excluding hydrogens is 394 g/mol. The first-order chi connectivity index (χ1) is 14.2. The smallest absolute Gasteiger partial charge is 0.267 e. The van der Waals surface area contributed by atoms with E-state index in [0.717, 1.165) is 6.42 Å². The number of amides is 2. The first kappa shape index (κ1) is 24.8.